The minimum absolute atomic E-state index is 0.0582. The van der Waals surface area contributed by atoms with E-state index in [0.29, 0.717) is 16.7 Å². The monoisotopic (exact) mass is 430 g/mol. The summed E-state index contributed by atoms with van der Waals surface area (Å²) in [5, 5.41) is 2.04. The minimum Gasteiger partial charge on any atom is -0.365 e. The van der Waals surface area contributed by atoms with E-state index in [1.54, 1.807) is 0 Å². The molecule has 3 heterocycles. The van der Waals surface area contributed by atoms with Crippen molar-refractivity contribution in [3.8, 4) is 11.1 Å². The van der Waals surface area contributed by atoms with Crippen LogP contribution in [0.15, 0.2) is 58.7 Å². The maximum absolute atomic E-state index is 12.8. The zero-order valence-corrected chi connectivity index (χ0v) is 18.9. The third-order valence-electron chi connectivity index (χ3n) is 6.04. The van der Waals surface area contributed by atoms with E-state index in [1.807, 2.05) is 5.38 Å². The Balaban J connectivity index is 1.46. The number of fused-ring (bicyclic) bond motifs is 1. The van der Waals surface area contributed by atoms with Gasteiger partial charge in [0.15, 0.2) is 0 Å². The largest absolute Gasteiger partial charge is 0.365 e. The van der Waals surface area contributed by atoms with Crippen LogP contribution in [0, 0.1) is 13.8 Å². The number of benzene rings is 2. The van der Waals surface area contributed by atoms with Crippen LogP contribution in [0.2, 0.25) is 0 Å². The van der Waals surface area contributed by atoms with Gasteiger partial charge >= 0.3 is 0 Å². The molecular formula is C25H26N4OS. The van der Waals surface area contributed by atoms with E-state index in [9.17, 15) is 4.79 Å². The normalized spacial score (nSPS) is 16.8. The maximum Gasteiger partial charge on any atom is 0.270 e. The zero-order chi connectivity index (χ0) is 21.5. The summed E-state index contributed by atoms with van der Waals surface area (Å²) < 4.78 is 0.686. The molecule has 0 spiro atoms. The summed E-state index contributed by atoms with van der Waals surface area (Å²) in [6.45, 7) is 8.95. The van der Waals surface area contributed by atoms with Crippen LogP contribution in [0.5, 0.6) is 0 Å². The first-order valence-electron chi connectivity index (χ1n) is 10.7. The first kappa shape index (κ1) is 19.8. The van der Waals surface area contributed by atoms with Gasteiger partial charge in [0.25, 0.3) is 5.56 Å². The van der Waals surface area contributed by atoms with Crippen molar-refractivity contribution in [3.05, 3.63) is 75.4 Å². The number of piperazine rings is 1. The number of hydrogen-bond acceptors (Lipinski definition) is 5. The lowest BCUT2D eigenvalue weighted by Crippen LogP contribution is -2.52. The van der Waals surface area contributed by atoms with Gasteiger partial charge in [-0.2, -0.15) is 0 Å². The Morgan fingerprint density at radius 3 is 2.61 bits per heavy atom. The molecule has 158 valence electrons. The number of nitrogens with one attached hydrogen (secondary N) is 1. The van der Waals surface area contributed by atoms with Crippen LogP contribution >= 0.6 is 11.3 Å². The molecule has 0 saturated carbocycles. The van der Waals surface area contributed by atoms with E-state index >= 15 is 0 Å². The van der Waals surface area contributed by atoms with Gasteiger partial charge in [0.2, 0.25) is 5.95 Å². The second kappa shape index (κ2) is 7.85. The number of rotatable bonds is 3. The van der Waals surface area contributed by atoms with E-state index in [0.717, 1.165) is 36.3 Å². The predicted octanol–water partition coefficient (Wildman–Crippen LogP) is 4.98. The van der Waals surface area contributed by atoms with Crippen LogP contribution in [-0.4, -0.2) is 35.6 Å². The SMILES string of the molecule is Cc1ccc(-c2csc3c(=O)[nH]c(N4CCN(c5cccc(C)c5)[C@@H](C)C4)nc23)cc1. The molecule has 4 aromatic rings. The predicted molar refractivity (Wildman–Crippen MR) is 131 cm³/mol. The summed E-state index contributed by atoms with van der Waals surface area (Å²) in [5.74, 6) is 0.667. The lowest BCUT2D eigenvalue weighted by Gasteiger charge is -2.41. The van der Waals surface area contributed by atoms with Crippen molar-refractivity contribution >= 4 is 33.2 Å². The summed E-state index contributed by atoms with van der Waals surface area (Å²) in [5.41, 5.74) is 6.60. The number of anilines is 2. The second-order valence-electron chi connectivity index (χ2n) is 8.41. The number of hydrogen-bond donors (Lipinski definition) is 1. The molecule has 0 aliphatic carbocycles. The summed E-state index contributed by atoms with van der Waals surface area (Å²) in [7, 11) is 0. The van der Waals surface area contributed by atoms with Gasteiger partial charge in [-0.3, -0.25) is 9.78 Å². The Hall–Kier alpha value is -3.12. The Kier molecular flexibility index (Phi) is 5.02. The topological polar surface area (TPSA) is 52.2 Å². The quantitative estimate of drug-likeness (QED) is 0.498. The third-order valence-corrected chi connectivity index (χ3v) is 7.00. The molecule has 0 radical (unpaired) electrons. The highest BCUT2D eigenvalue weighted by Crippen LogP contribution is 2.32. The van der Waals surface area contributed by atoms with Crippen LogP contribution in [0.3, 0.4) is 0 Å². The van der Waals surface area contributed by atoms with E-state index in [4.69, 9.17) is 4.98 Å². The van der Waals surface area contributed by atoms with Crippen LogP contribution in [0.25, 0.3) is 21.3 Å². The van der Waals surface area contributed by atoms with Gasteiger partial charge in [0.05, 0.1) is 5.52 Å². The van der Waals surface area contributed by atoms with Gasteiger partial charge in [-0.1, -0.05) is 42.0 Å². The highest BCUT2D eigenvalue weighted by molar-refractivity contribution is 7.17. The molecule has 31 heavy (non-hydrogen) atoms. The van der Waals surface area contributed by atoms with E-state index in [2.05, 4.69) is 84.1 Å². The fraction of sp³-hybridized carbons (Fsp3) is 0.280. The van der Waals surface area contributed by atoms with E-state index < -0.39 is 0 Å². The number of aromatic amines is 1. The number of H-pyrrole nitrogens is 1. The van der Waals surface area contributed by atoms with Gasteiger partial charge in [0, 0.05) is 42.3 Å². The average molecular weight is 431 g/mol. The zero-order valence-electron chi connectivity index (χ0n) is 18.1. The molecule has 1 aliphatic rings. The van der Waals surface area contributed by atoms with Crippen molar-refractivity contribution < 1.29 is 0 Å². The maximum atomic E-state index is 12.8. The van der Waals surface area contributed by atoms with Crippen molar-refractivity contribution in [3.63, 3.8) is 0 Å². The van der Waals surface area contributed by atoms with E-state index in [1.165, 1.54) is 28.2 Å². The number of nitrogens with zero attached hydrogens (tertiary/aromatic N) is 3. The molecule has 5 rings (SSSR count). The van der Waals surface area contributed by atoms with Gasteiger partial charge in [-0.15, -0.1) is 11.3 Å². The highest BCUT2D eigenvalue weighted by atomic mass is 32.1. The fourth-order valence-corrected chi connectivity index (χ4v) is 5.25. The molecule has 1 fully saturated rings. The van der Waals surface area contributed by atoms with E-state index in [-0.39, 0.29) is 5.56 Å². The van der Waals surface area contributed by atoms with Crippen LogP contribution in [0.1, 0.15) is 18.1 Å². The van der Waals surface area contributed by atoms with Crippen molar-refractivity contribution in [1.82, 2.24) is 9.97 Å². The van der Waals surface area contributed by atoms with Gasteiger partial charge in [-0.25, -0.2) is 4.98 Å². The van der Waals surface area contributed by atoms with Gasteiger partial charge in [0.1, 0.15) is 4.70 Å². The lowest BCUT2D eigenvalue weighted by atomic mass is 10.1. The lowest BCUT2D eigenvalue weighted by molar-refractivity contribution is 0.543. The van der Waals surface area contributed by atoms with Crippen molar-refractivity contribution in [2.24, 2.45) is 0 Å². The van der Waals surface area contributed by atoms with Crippen LogP contribution < -0.4 is 15.4 Å². The number of aromatic nitrogens is 2. The number of aryl methyl sites for hydroxylation is 2. The molecule has 5 nitrogen and oxygen atoms in total. The first-order chi connectivity index (χ1) is 15.0. The van der Waals surface area contributed by atoms with Crippen molar-refractivity contribution in [2.45, 2.75) is 26.8 Å². The molecule has 1 N–H and O–H groups in total. The Morgan fingerprint density at radius 2 is 1.87 bits per heavy atom. The molecule has 0 amide bonds. The Bertz CT molecular complexity index is 1290. The first-order valence-corrected chi connectivity index (χ1v) is 11.5. The Labute approximate surface area is 186 Å². The van der Waals surface area contributed by atoms with Crippen molar-refractivity contribution in [2.75, 3.05) is 29.4 Å². The summed E-state index contributed by atoms with van der Waals surface area (Å²) in [6, 6.07) is 17.3. The minimum atomic E-state index is -0.0582. The molecule has 1 atom stereocenters. The summed E-state index contributed by atoms with van der Waals surface area (Å²) in [4.78, 5) is 25.4. The molecule has 2 aromatic heterocycles. The fourth-order valence-electron chi connectivity index (χ4n) is 4.34. The molecule has 1 aliphatic heterocycles. The van der Waals surface area contributed by atoms with Gasteiger partial charge < -0.3 is 9.80 Å². The number of thiophene rings is 1. The highest BCUT2D eigenvalue weighted by Gasteiger charge is 2.26. The van der Waals surface area contributed by atoms with Crippen LogP contribution in [0.4, 0.5) is 11.6 Å². The smallest absolute Gasteiger partial charge is 0.270 e. The molecule has 6 heteroatoms. The van der Waals surface area contributed by atoms with Crippen molar-refractivity contribution in [1.29, 1.82) is 0 Å². The summed E-state index contributed by atoms with van der Waals surface area (Å²) in [6.07, 6.45) is 0. The standard InChI is InChI=1S/C25H26N4OS/c1-16-7-9-19(10-8-16)21-15-31-23-22(21)26-25(27-24(23)30)28-11-12-29(18(3)14-28)20-6-4-5-17(2)13-20/h4-10,13,15,18H,11-12,14H2,1-3H3,(H,26,27,30)/t18-/m0/s1. The molecule has 1 saturated heterocycles. The molecular weight excluding hydrogens is 404 g/mol. The molecule has 2 aromatic carbocycles. The third kappa shape index (κ3) is 3.72. The average Bonchev–Trinajstić information content (AvgIpc) is 3.19. The molecule has 0 unspecified atom stereocenters. The summed E-state index contributed by atoms with van der Waals surface area (Å²) >= 11 is 1.46. The van der Waals surface area contributed by atoms with Gasteiger partial charge in [-0.05, 0) is 44.0 Å². The second-order valence-corrected chi connectivity index (χ2v) is 9.29. The molecule has 0 bridgehead atoms. The van der Waals surface area contributed by atoms with Crippen LogP contribution in [-0.2, 0) is 0 Å². The Morgan fingerprint density at radius 1 is 1.06 bits per heavy atom.